The number of urea groups is 1. The smallest absolute Gasteiger partial charge is 0.325 e. The largest absolute Gasteiger partial charge is 0.361 e. The molecule has 150 valence electrons. The zero-order valence-corrected chi connectivity index (χ0v) is 17.2. The molecular formula is C23H20N4O2S. The summed E-state index contributed by atoms with van der Waals surface area (Å²) in [5.41, 5.74) is 3.92. The number of rotatable bonds is 5. The summed E-state index contributed by atoms with van der Waals surface area (Å²) in [6, 6.07) is 17.0. The SMILES string of the molecule is Cc1nc(-c2ccccc2)sc1CN1C(=O)NC(Cc2c[nH]c3ccccc23)C1=O. The van der Waals surface area contributed by atoms with Gasteiger partial charge in [0.1, 0.15) is 11.0 Å². The van der Waals surface area contributed by atoms with Gasteiger partial charge < -0.3 is 10.3 Å². The van der Waals surface area contributed by atoms with Crippen molar-refractivity contribution in [2.45, 2.75) is 25.9 Å². The lowest BCUT2D eigenvalue weighted by Gasteiger charge is -2.12. The van der Waals surface area contributed by atoms with Gasteiger partial charge in [0.2, 0.25) is 0 Å². The van der Waals surface area contributed by atoms with E-state index in [9.17, 15) is 9.59 Å². The molecule has 6 nitrogen and oxygen atoms in total. The highest BCUT2D eigenvalue weighted by atomic mass is 32.1. The molecule has 1 atom stereocenters. The Hall–Kier alpha value is -3.45. The van der Waals surface area contributed by atoms with Crippen LogP contribution in [0.2, 0.25) is 0 Å². The number of H-pyrrole nitrogens is 1. The second-order valence-electron chi connectivity index (χ2n) is 7.38. The first-order chi connectivity index (χ1) is 14.6. The Kier molecular flexibility index (Phi) is 4.59. The zero-order valence-electron chi connectivity index (χ0n) is 16.4. The molecule has 0 spiro atoms. The van der Waals surface area contributed by atoms with E-state index in [0.29, 0.717) is 6.42 Å². The molecule has 2 aromatic heterocycles. The molecule has 1 fully saturated rings. The second kappa shape index (κ2) is 7.42. The predicted octanol–water partition coefficient (Wildman–Crippen LogP) is 4.26. The molecule has 1 saturated heterocycles. The standard InChI is InChI=1S/C23H20N4O2S/c1-14-20(30-21(25-14)15-7-3-2-4-8-15)13-27-22(28)19(26-23(27)29)11-16-12-24-18-10-6-5-9-17(16)18/h2-10,12,19,24H,11,13H2,1H3,(H,26,29). The average Bonchev–Trinajstić information content (AvgIpc) is 3.42. The van der Waals surface area contributed by atoms with Gasteiger partial charge in [-0.25, -0.2) is 9.78 Å². The van der Waals surface area contributed by atoms with Crippen molar-refractivity contribution in [1.82, 2.24) is 20.2 Å². The molecule has 7 heteroatoms. The van der Waals surface area contributed by atoms with Gasteiger partial charge in [0.05, 0.1) is 12.2 Å². The van der Waals surface area contributed by atoms with Crippen LogP contribution in [-0.4, -0.2) is 32.8 Å². The number of benzene rings is 2. The van der Waals surface area contributed by atoms with E-state index in [1.165, 1.54) is 16.2 Å². The number of carbonyl (C=O) groups excluding carboxylic acids is 2. The molecule has 0 radical (unpaired) electrons. The molecule has 2 N–H and O–H groups in total. The topological polar surface area (TPSA) is 78.1 Å². The number of para-hydroxylation sites is 1. The highest BCUT2D eigenvalue weighted by molar-refractivity contribution is 7.15. The van der Waals surface area contributed by atoms with E-state index in [4.69, 9.17) is 0 Å². The fourth-order valence-corrected chi connectivity index (χ4v) is 4.86. The van der Waals surface area contributed by atoms with Gasteiger partial charge in [-0.2, -0.15) is 0 Å². The van der Waals surface area contributed by atoms with Crippen molar-refractivity contribution in [2.75, 3.05) is 0 Å². The maximum Gasteiger partial charge on any atom is 0.325 e. The highest BCUT2D eigenvalue weighted by Crippen LogP contribution is 2.30. The molecule has 1 aliphatic rings. The highest BCUT2D eigenvalue weighted by Gasteiger charge is 2.38. The first kappa shape index (κ1) is 18.6. The van der Waals surface area contributed by atoms with Gasteiger partial charge in [0, 0.05) is 34.0 Å². The van der Waals surface area contributed by atoms with Crippen LogP contribution in [0.1, 0.15) is 16.1 Å². The van der Waals surface area contributed by atoms with E-state index in [1.54, 1.807) is 0 Å². The van der Waals surface area contributed by atoms with Gasteiger partial charge in [0.15, 0.2) is 0 Å². The first-order valence-corrected chi connectivity index (χ1v) is 10.6. The van der Waals surface area contributed by atoms with Gasteiger partial charge in [-0.05, 0) is 18.6 Å². The van der Waals surface area contributed by atoms with E-state index in [-0.39, 0.29) is 18.5 Å². The van der Waals surface area contributed by atoms with Crippen molar-refractivity contribution in [3.8, 4) is 10.6 Å². The van der Waals surface area contributed by atoms with Gasteiger partial charge in [0.25, 0.3) is 5.91 Å². The average molecular weight is 417 g/mol. The quantitative estimate of drug-likeness (QED) is 0.477. The van der Waals surface area contributed by atoms with Crippen molar-refractivity contribution in [3.63, 3.8) is 0 Å². The zero-order chi connectivity index (χ0) is 20.7. The number of amides is 3. The van der Waals surface area contributed by atoms with E-state index < -0.39 is 6.04 Å². The van der Waals surface area contributed by atoms with Crippen LogP contribution in [0, 0.1) is 6.92 Å². The van der Waals surface area contributed by atoms with Gasteiger partial charge in [-0.3, -0.25) is 9.69 Å². The van der Waals surface area contributed by atoms with Crippen LogP contribution in [0.4, 0.5) is 4.79 Å². The lowest BCUT2D eigenvalue weighted by Crippen LogP contribution is -2.32. The Bertz CT molecular complexity index is 1240. The fraction of sp³-hybridized carbons (Fsp3) is 0.174. The van der Waals surface area contributed by atoms with Crippen molar-refractivity contribution in [1.29, 1.82) is 0 Å². The number of aryl methyl sites for hydroxylation is 1. The Morgan fingerprint density at radius 2 is 1.83 bits per heavy atom. The summed E-state index contributed by atoms with van der Waals surface area (Å²) in [7, 11) is 0. The second-order valence-corrected chi connectivity index (χ2v) is 8.47. The number of hydrogen-bond acceptors (Lipinski definition) is 4. The summed E-state index contributed by atoms with van der Waals surface area (Å²) in [6.07, 6.45) is 2.37. The van der Waals surface area contributed by atoms with Crippen molar-refractivity contribution in [2.24, 2.45) is 0 Å². The van der Waals surface area contributed by atoms with Gasteiger partial charge in [-0.1, -0.05) is 48.5 Å². The van der Waals surface area contributed by atoms with Crippen molar-refractivity contribution in [3.05, 3.63) is 76.9 Å². The van der Waals surface area contributed by atoms with E-state index >= 15 is 0 Å². The van der Waals surface area contributed by atoms with E-state index in [0.717, 1.165) is 37.6 Å². The number of carbonyl (C=O) groups is 2. The summed E-state index contributed by atoms with van der Waals surface area (Å²) < 4.78 is 0. The van der Waals surface area contributed by atoms with Crippen molar-refractivity contribution < 1.29 is 9.59 Å². The Labute approximate surface area is 177 Å². The summed E-state index contributed by atoms with van der Waals surface area (Å²) in [6.45, 7) is 2.16. The van der Waals surface area contributed by atoms with Crippen LogP contribution < -0.4 is 5.32 Å². The third-order valence-electron chi connectivity index (χ3n) is 5.42. The lowest BCUT2D eigenvalue weighted by molar-refractivity contribution is -0.127. The molecule has 1 unspecified atom stereocenters. The monoisotopic (exact) mass is 416 g/mol. The molecule has 30 heavy (non-hydrogen) atoms. The Morgan fingerprint density at radius 3 is 2.67 bits per heavy atom. The lowest BCUT2D eigenvalue weighted by atomic mass is 10.1. The first-order valence-electron chi connectivity index (χ1n) is 9.79. The number of nitrogens with zero attached hydrogens (tertiary/aromatic N) is 2. The molecule has 0 bridgehead atoms. The molecule has 0 saturated carbocycles. The summed E-state index contributed by atoms with van der Waals surface area (Å²) in [5, 5.41) is 4.81. The fourth-order valence-electron chi connectivity index (χ4n) is 3.81. The van der Waals surface area contributed by atoms with Crippen LogP contribution >= 0.6 is 11.3 Å². The third kappa shape index (κ3) is 3.27. The van der Waals surface area contributed by atoms with E-state index in [1.807, 2.05) is 67.7 Å². The number of aromatic nitrogens is 2. The molecule has 4 aromatic rings. The Balaban J connectivity index is 1.34. The maximum absolute atomic E-state index is 13.0. The molecular weight excluding hydrogens is 396 g/mol. The number of fused-ring (bicyclic) bond motifs is 1. The number of hydrogen-bond donors (Lipinski definition) is 2. The minimum Gasteiger partial charge on any atom is -0.361 e. The van der Waals surface area contributed by atoms with Crippen LogP contribution in [0.5, 0.6) is 0 Å². The van der Waals surface area contributed by atoms with Crippen LogP contribution in [0.25, 0.3) is 21.5 Å². The molecule has 0 aliphatic carbocycles. The van der Waals surface area contributed by atoms with Gasteiger partial charge in [-0.15, -0.1) is 11.3 Å². The minimum atomic E-state index is -0.557. The van der Waals surface area contributed by atoms with Crippen LogP contribution in [0.15, 0.2) is 60.8 Å². The predicted molar refractivity (Wildman–Crippen MR) is 117 cm³/mol. The number of imide groups is 1. The minimum absolute atomic E-state index is 0.195. The molecule has 3 heterocycles. The number of thiazole rings is 1. The summed E-state index contributed by atoms with van der Waals surface area (Å²) >= 11 is 1.52. The van der Waals surface area contributed by atoms with Gasteiger partial charge >= 0.3 is 6.03 Å². The van der Waals surface area contributed by atoms with Crippen LogP contribution in [-0.2, 0) is 17.8 Å². The number of nitrogens with one attached hydrogen (secondary N) is 2. The summed E-state index contributed by atoms with van der Waals surface area (Å²) in [4.78, 5) is 35.6. The number of aromatic amines is 1. The Morgan fingerprint density at radius 1 is 1.07 bits per heavy atom. The third-order valence-corrected chi connectivity index (χ3v) is 6.61. The van der Waals surface area contributed by atoms with Crippen LogP contribution in [0.3, 0.4) is 0 Å². The summed E-state index contributed by atoms with van der Waals surface area (Å²) in [5.74, 6) is -0.195. The van der Waals surface area contributed by atoms with E-state index in [2.05, 4.69) is 15.3 Å². The normalized spacial score (nSPS) is 16.4. The van der Waals surface area contributed by atoms with Crippen molar-refractivity contribution >= 4 is 34.2 Å². The molecule has 1 aliphatic heterocycles. The molecule has 2 aromatic carbocycles. The molecule has 5 rings (SSSR count). The maximum atomic E-state index is 13.0. The molecule has 3 amide bonds.